The smallest absolute Gasteiger partial charge is 0.110 e. The zero-order chi connectivity index (χ0) is 11.9. The van der Waals surface area contributed by atoms with Crippen LogP contribution >= 0.6 is 0 Å². The first-order chi connectivity index (χ1) is 8.11. The molecule has 0 bridgehead atoms. The Hall–Kier alpha value is -0.120. The summed E-state index contributed by atoms with van der Waals surface area (Å²) in [7, 11) is 0. The van der Waals surface area contributed by atoms with Gasteiger partial charge >= 0.3 is 0 Å². The van der Waals surface area contributed by atoms with Crippen LogP contribution in [-0.2, 0) is 9.47 Å². The average Bonchev–Trinajstić information content (AvgIpc) is 2.88. The van der Waals surface area contributed by atoms with E-state index in [-0.39, 0.29) is 11.2 Å². The lowest BCUT2D eigenvalue weighted by molar-refractivity contribution is -0.110. The SMILES string of the molecule is CC1(C)CC2(CO1)OCCNC2C1CCCC1. The maximum absolute atomic E-state index is 6.20. The molecule has 1 saturated carbocycles. The van der Waals surface area contributed by atoms with Crippen molar-refractivity contribution in [2.45, 2.75) is 63.2 Å². The second-order valence-corrected chi connectivity index (χ2v) is 6.61. The second-order valence-electron chi connectivity index (χ2n) is 6.61. The van der Waals surface area contributed by atoms with Gasteiger partial charge in [-0.05, 0) is 32.6 Å². The van der Waals surface area contributed by atoms with Crippen molar-refractivity contribution in [2.75, 3.05) is 19.8 Å². The molecule has 1 aliphatic carbocycles. The third-order valence-electron chi connectivity index (χ3n) is 4.73. The summed E-state index contributed by atoms with van der Waals surface area (Å²) in [6.07, 6.45) is 6.55. The van der Waals surface area contributed by atoms with Gasteiger partial charge in [0.15, 0.2) is 0 Å². The molecule has 0 aromatic carbocycles. The van der Waals surface area contributed by atoms with Crippen molar-refractivity contribution in [3.63, 3.8) is 0 Å². The molecule has 3 rings (SSSR count). The van der Waals surface area contributed by atoms with Crippen molar-refractivity contribution in [3.05, 3.63) is 0 Å². The minimum atomic E-state index is -0.0449. The molecule has 3 heteroatoms. The molecule has 3 nitrogen and oxygen atoms in total. The van der Waals surface area contributed by atoms with Crippen LogP contribution in [0.1, 0.15) is 46.0 Å². The highest BCUT2D eigenvalue weighted by molar-refractivity contribution is 5.06. The Kier molecular flexibility index (Phi) is 2.96. The predicted molar refractivity (Wildman–Crippen MR) is 67.1 cm³/mol. The van der Waals surface area contributed by atoms with Crippen LogP contribution in [0.5, 0.6) is 0 Å². The largest absolute Gasteiger partial charge is 0.372 e. The quantitative estimate of drug-likeness (QED) is 0.760. The van der Waals surface area contributed by atoms with E-state index in [1.165, 1.54) is 25.7 Å². The summed E-state index contributed by atoms with van der Waals surface area (Å²) >= 11 is 0. The summed E-state index contributed by atoms with van der Waals surface area (Å²) in [6, 6.07) is 0.514. The van der Waals surface area contributed by atoms with Crippen LogP contribution in [-0.4, -0.2) is 37.0 Å². The maximum Gasteiger partial charge on any atom is 0.110 e. The molecule has 2 atom stereocenters. The molecular formula is C14H25NO2. The normalized spacial score (nSPS) is 42.4. The van der Waals surface area contributed by atoms with Crippen molar-refractivity contribution < 1.29 is 9.47 Å². The third kappa shape index (κ3) is 2.13. The molecule has 2 aliphatic heterocycles. The van der Waals surface area contributed by atoms with Crippen molar-refractivity contribution in [2.24, 2.45) is 5.92 Å². The Morgan fingerprint density at radius 1 is 1.12 bits per heavy atom. The van der Waals surface area contributed by atoms with Crippen LogP contribution in [0.15, 0.2) is 0 Å². The van der Waals surface area contributed by atoms with E-state index in [2.05, 4.69) is 19.2 Å². The van der Waals surface area contributed by atoms with Crippen LogP contribution in [0.2, 0.25) is 0 Å². The van der Waals surface area contributed by atoms with E-state index in [1.54, 1.807) is 0 Å². The topological polar surface area (TPSA) is 30.5 Å². The van der Waals surface area contributed by atoms with Crippen LogP contribution < -0.4 is 5.32 Å². The Balaban J connectivity index is 1.80. The van der Waals surface area contributed by atoms with Gasteiger partial charge in [-0.1, -0.05) is 12.8 Å². The first kappa shape index (κ1) is 11.9. The van der Waals surface area contributed by atoms with Crippen molar-refractivity contribution in [3.8, 4) is 0 Å². The molecule has 2 heterocycles. The lowest BCUT2D eigenvalue weighted by Gasteiger charge is -2.44. The minimum absolute atomic E-state index is 0.0180. The van der Waals surface area contributed by atoms with Crippen LogP contribution in [0, 0.1) is 5.92 Å². The number of hydrogen-bond acceptors (Lipinski definition) is 3. The molecule has 2 saturated heterocycles. The summed E-state index contributed by atoms with van der Waals surface area (Å²) in [6.45, 7) is 6.98. The molecule has 1 N–H and O–H groups in total. The van der Waals surface area contributed by atoms with Gasteiger partial charge in [0.2, 0.25) is 0 Å². The van der Waals surface area contributed by atoms with Crippen molar-refractivity contribution >= 4 is 0 Å². The lowest BCUT2D eigenvalue weighted by atomic mass is 9.78. The average molecular weight is 239 g/mol. The molecule has 3 fully saturated rings. The standard InChI is InChI=1S/C14H25NO2/c1-13(2)9-14(10-17-13)12(15-7-8-16-14)11-5-3-4-6-11/h11-12,15H,3-10H2,1-2H3. The Morgan fingerprint density at radius 3 is 2.53 bits per heavy atom. The molecule has 98 valence electrons. The fraction of sp³-hybridized carbons (Fsp3) is 1.00. The highest BCUT2D eigenvalue weighted by Gasteiger charge is 2.53. The van der Waals surface area contributed by atoms with Crippen LogP contribution in [0.4, 0.5) is 0 Å². The summed E-state index contributed by atoms with van der Waals surface area (Å²) < 4.78 is 12.2. The monoisotopic (exact) mass is 239 g/mol. The second kappa shape index (κ2) is 4.22. The first-order valence-electron chi connectivity index (χ1n) is 7.13. The number of rotatable bonds is 1. The fourth-order valence-electron chi connectivity index (χ4n) is 4.06. The number of ether oxygens (including phenoxy) is 2. The lowest BCUT2D eigenvalue weighted by Crippen LogP contribution is -2.61. The molecule has 0 amide bonds. The van der Waals surface area contributed by atoms with E-state index >= 15 is 0 Å². The van der Waals surface area contributed by atoms with Crippen LogP contribution in [0.25, 0.3) is 0 Å². The van der Waals surface area contributed by atoms with Crippen LogP contribution in [0.3, 0.4) is 0 Å². The van der Waals surface area contributed by atoms with E-state index < -0.39 is 0 Å². The van der Waals surface area contributed by atoms with Gasteiger partial charge in [0.25, 0.3) is 0 Å². The van der Waals surface area contributed by atoms with E-state index in [9.17, 15) is 0 Å². The van der Waals surface area contributed by atoms with Gasteiger partial charge in [0, 0.05) is 19.0 Å². The van der Waals surface area contributed by atoms with E-state index in [1.807, 2.05) is 0 Å². The zero-order valence-electron chi connectivity index (χ0n) is 11.1. The Bertz CT molecular complexity index is 286. The molecule has 0 aromatic heterocycles. The number of hydrogen-bond donors (Lipinski definition) is 1. The minimum Gasteiger partial charge on any atom is -0.372 e. The highest BCUT2D eigenvalue weighted by atomic mass is 16.6. The van der Waals surface area contributed by atoms with Crippen molar-refractivity contribution in [1.82, 2.24) is 5.32 Å². The summed E-state index contributed by atoms with van der Waals surface area (Å²) in [5.41, 5.74) is -0.0629. The molecule has 2 unspecified atom stereocenters. The number of morpholine rings is 1. The Morgan fingerprint density at radius 2 is 1.88 bits per heavy atom. The molecule has 1 spiro atoms. The Labute approximate surface area is 104 Å². The summed E-state index contributed by atoms with van der Waals surface area (Å²) in [5, 5.41) is 3.73. The van der Waals surface area contributed by atoms with E-state index in [0.717, 1.165) is 32.1 Å². The predicted octanol–water partition coefficient (Wildman–Crippen LogP) is 2.10. The summed E-state index contributed by atoms with van der Waals surface area (Å²) in [5.74, 6) is 0.799. The summed E-state index contributed by atoms with van der Waals surface area (Å²) in [4.78, 5) is 0. The van der Waals surface area contributed by atoms with Gasteiger partial charge < -0.3 is 14.8 Å². The molecule has 0 radical (unpaired) electrons. The fourth-order valence-corrected chi connectivity index (χ4v) is 4.06. The van der Waals surface area contributed by atoms with Gasteiger partial charge in [-0.3, -0.25) is 0 Å². The third-order valence-corrected chi connectivity index (χ3v) is 4.73. The maximum atomic E-state index is 6.20. The van der Waals surface area contributed by atoms with Gasteiger partial charge in [-0.2, -0.15) is 0 Å². The zero-order valence-corrected chi connectivity index (χ0v) is 11.1. The van der Waals surface area contributed by atoms with Crippen molar-refractivity contribution in [1.29, 1.82) is 0 Å². The molecular weight excluding hydrogens is 214 g/mol. The molecule has 17 heavy (non-hydrogen) atoms. The number of nitrogens with one attached hydrogen (secondary N) is 1. The van der Waals surface area contributed by atoms with Gasteiger partial charge in [-0.25, -0.2) is 0 Å². The van der Waals surface area contributed by atoms with E-state index in [4.69, 9.17) is 9.47 Å². The van der Waals surface area contributed by atoms with Gasteiger partial charge in [0.05, 0.1) is 18.8 Å². The molecule has 0 aromatic rings. The first-order valence-corrected chi connectivity index (χ1v) is 7.13. The highest BCUT2D eigenvalue weighted by Crippen LogP contribution is 2.44. The van der Waals surface area contributed by atoms with E-state index in [0.29, 0.717) is 6.04 Å². The van der Waals surface area contributed by atoms with Gasteiger partial charge in [0.1, 0.15) is 5.60 Å². The van der Waals surface area contributed by atoms with Gasteiger partial charge in [-0.15, -0.1) is 0 Å². The molecule has 3 aliphatic rings.